The van der Waals surface area contributed by atoms with Gasteiger partial charge in [0, 0.05) is 19.1 Å². The van der Waals surface area contributed by atoms with E-state index in [0.717, 1.165) is 25.1 Å². The molecular weight excluding hydrogens is 255 g/mol. The molecule has 110 valence electrons. The van der Waals surface area contributed by atoms with Crippen LogP contribution in [0.2, 0.25) is 0 Å². The minimum Gasteiger partial charge on any atom is -0.394 e. The lowest BCUT2D eigenvalue weighted by Crippen LogP contribution is -2.35. The molecule has 4 heteroatoms. The zero-order chi connectivity index (χ0) is 14.1. The molecule has 20 heavy (non-hydrogen) atoms. The Labute approximate surface area is 119 Å². The lowest BCUT2D eigenvalue weighted by molar-refractivity contribution is 0.244. The second kappa shape index (κ2) is 5.70. The van der Waals surface area contributed by atoms with Gasteiger partial charge in [0.15, 0.2) is 0 Å². The van der Waals surface area contributed by atoms with Gasteiger partial charge in [-0.3, -0.25) is 0 Å². The van der Waals surface area contributed by atoms with Crippen molar-refractivity contribution in [1.29, 1.82) is 0 Å². The molecule has 0 spiro atoms. The molecule has 1 aliphatic carbocycles. The molecule has 3 nitrogen and oxygen atoms in total. The Kier molecular flexibility index (Phi) is 3.94. The van der Waals surface area contributed by atoms with Crippen molar-refractivity contribution in [1.82, 2.24) is 5.32 Å². The number of anilines is 1. The number of nitrogens with zero attached hydrogens (tertiary/aromatic N) is 1. The number of aliphatic hydroxyl groups excluding tert-OH is 1. The van der Waals surface area contributed by atoms with Crippen molar-refractivity contribution < 1.29 is 9.50 Å². The average molecular weight is 278 g/mol. The zero-order valence-corrected chi connectivity index (χ0v) is 12.0. The minimum atomic E-state index is -0.173. The largest absolute Gasteiger partial charge is 0.394 e. The number of hydrogen-bond acceptors (Lipinski definition) is 3. The number of rotatable bonds is 5. The van der Waals surface area contributed by atoms with E-state index in [-0.39, 0.29) is 18.5 Å². The van der Waals surface area contributed by atoms with E-state index in [1.165, 1.54) is 12.8 Å². The van der Waals surface area contributed by atoms with E-state index in [1.54, 1.807) is 6.07 Å². The van der Waals surface area contributed by atoms with Crippen LogP contribution in [0.5, 0.6) is 0 Å². The van der Waals surface area contributed by atoms with Crippen LogP contribution in [0, 0.1) is 11.7 Å². The average Bonchev–Trinajstić information content (AvgIpc) is 3.19. The van der Waals surface area contributed by atoms with Gasteiger partial charge in [-0.25, -0.2) is 4.39 Å². The van der Waals surface area contributed by atoms with Crippen LogP contribution in [0.3, 0.4) is 0 Å². The summed E-state index contributed by atoms with van der Waals surface area (Å²) in [7, 11) is 0. The van der Waals surface area contributed by atoms with Crippen molar-refractivity contribution in [2.75, 3.05) is 18.1 Å². The Morgan fingerprint density at radius 2 is 2.15 bits per heavy atom. The molecule has 1 aromatic rings. The molecule has 2 atom stereocenters. The Morgan fingerprint density at radius 3 is 2.80 bits per heavy atom. The summed E-state index contributed by atoms with van der Waals surface area (Å²) in [5.74, 6) is 0.239. The quantitative estimate of drug-likeness (QED) is 0.867. The van der Waals surface area contributed by atoms with Crippen LogP contribution >= 0.6 is 0 Å². The summed E-state index contributed by atoms with van der Waals surface area (Å²) in [5.41, 5.74) is 1.62. The molecule has 0 aromatic heterocycles. The van der Waals surface area contributed by atoms with Gasteiger partial charge in [0.2, 0.25) is 0 Å². The number of hydrogen-bond donors (Lipinski definition) is 2. The molecular formula is C16H23FN2O. The fourth-order valence-electron chi connectivity index (χ4n) is 3.03. The van der Waals surface area contributed by atoms with E-state index < -0.39 is 0 Å². The maximum atomic E-state index is 14.3. The third-order valence-corrected chi connectivity index (χ3v) is 4.56. The first-order valence-electron chi connectivity index (χ1n) is 7.58. The Morgan fingerprint density at radius 1 is 1.35 bits per heavy atom. The monoisotopic (exact) mass is 278 g/mol. The van der Waals surface area contributed by atoms with Gasteiger partial charge >= 0.3 is 0 Å². The smallest absolute Gasteiger partial charge is 0.146 e. The topological polar surface area (TPSA) is 35.5 Å². The standard InChI is InChI=1S/C16H23FN2O/c1-11-6-7-19(16(11)10-20)15-5-2-12(8-14(15)17)9-18-13-3-4-13/h2,5,8,11,13,16,18,20H,3-4,6-7,9-10H2,1H3. The van der Waals surface area contributed by atoms with Crippen LogP contribution in [-0.4, -0.2) is 30.3 Å². The summed E-state index contributed by atoms with van der Waals surface area (Å²) in [6, 6.07) is 6.16. The number of halogens is 1. The normalized spacial score (nSPS) is 26.2. The van der Waals surface area contributed by atoms with Gasteiger partial charge in [-0.05, 0) is 42.9 Å². The van der Waals surface area contributed by atoms with E-state index in [1.807, 2.05) is 17.0 Å². The SMILES string of the molecule is CC1CCN(c2ccc(CNC3CC3)cc2F)C1CO. The van der Waals surface area contributed by atoms with Crippen molar-refractivity contribution in [2.45, 2.75) is 44.8 Å². The second-order valence-corrected chi connectivity index (χ2v) is 6.15. The van der Waals surface area contributed by atoms with Gasteiger partial charge in [0.1, 0.15) is 5.82 Å². The molecule has 1 aromatic carbocycles. The highest BCUT2D eigenvalue weighted by molar-refractivity contribution is 5.51. The maximum Gasteiger partial charge on any atom is 0.146 e. The van der Waals surface area contributed by atoms with Crippen LogP contribution in [0.25, 0.3) is 0 Å². The third kappa shape index (κ3) is 2.81. The minimum absolute atomic E-state index is 0.0416. The third-order valence-electron chi connectivity index (χ3n) is 4.56. The molecule has 0 radical (unpaired) electrons. The van der Waals surface area contributed by atoms with Crippen LogP contribution < -0.4 is 10.2 Å². The van der Waals surface area contributed by atoms with E-state index >= 15 is 0 Å². The van der Waals surface area contributed by atoms with E-state index in [0.29, 0.717) is 17.6 Å². The maximum absolute atomic E-state index is 14.3. The number of benzene rings is 1. The Bertz CT molecular complexity index is 476. The van der Waals surface area contributed by atoms with Gasteiger partial charge in [-0.2, -0.15) is 0 Å². The molecule has 2 unspecified atom stereocenters. The lowest BCUT2D eigenvalue weighted by atomic mass is 10.0. The van der Waals surface area contributed by atoms with Gasteiger partial charge in [0.25, 0.3) is 0 Å². The molecule has 3 rings (SSSR count). The van der Waals surface area contributed by atoms with Crippen molar-refractivity contribution in [3.63, 3.8) is 0 Å². The van der Waals surface area contributed by atoms with Crippen molar-refractivity contribution >= 4 is 5.69 Å². The first-order chi connectivity index (χ1) is 9.69. The summed E-state index contributed by atoms with van der Waals surface area (Å²) in [6.45, 7) is 3.77. The predicted octanol–water partition coefficient (Wildman–Crippen LogP) is 2.28. The first kappa shape index (κ1) is 13.8. The lowest BCUT2D eigenvalue weighted by Gasteiger charge is -2.27. The van der Waals surface area contributed by atoms with E-state index in [9.17, 15) is 9.50 Å². The molecule has 1 aliphatic heterocycles. The molecule has 2 fully saturated rings. The Hall–Kier alpha value is -1.13. The molecule has 1 saturated heterocycles. The molecule has 1 saturated carbocycles. The molecule has 2 aliphatic rings. The number of aliphatic hydroxyl groups is 1. The van der Waals surface area contributed by atoms with E-state index in [2.05, 4.69) is 12.2 Å². The van der Waals surface area contributed by atoms with Crippen LogP contribution in [0.4, 0.5) is 10.1 Å². The predicted molar refractivity (Wildman–Crippen MR) is 78.3 cm³/mol. The molecule has 2 N–H and O–H groups in total. The van der Waals surface area contributed by atoms with Gasteiger partial charge in [-0.15, -0.1) is 0 Å². The van der Waals surface area contributed by atoms with Gasteiger partial charge < -0.3 is 15.3 Å². The van der Waals surface area contributed by atoms with Crippen LogP contribution in [0.1, 0.15) is 31.7 Å². The fraction of sp³-hybridized carbons (Fsp3) is 0.625. The Balaban J connectivity index is 1.72. The highest BCUT2D eigenvalue weighted by atomic mass is 19.1. The zero-order valence-electron chi connectivity index (χ0n) is 12.0. The van der Waals surface area contributed by atoms with Gasteiger partial charge in [-0.1, -0.05) is 13.0 Å². The summed E-state index contributed by atoms with van der Waals surface area (Å²) in [5, 5.41) is 12.9. The summed E-state index contributed by atoms with van der Waals surface area (Å²) in [6.07, 6.45) is 3.49. The van der Waals surface area contributed by atoms with E-state index in [4.69, 9.17) is 0 Å². The number of nitrogens with one attached hydrogen (secondary N) is 1. The molecule has 0 bridgehead atoms. The fourth-order valence-corrected chi connectivity index (χ4v) is 3.03. The molecule has 1 heterocycles. The highest BCUT2D eigenvalue weighted by Crippen LogP contribution is 2.31. The summed E-state index contributed by atoms with van der Waals surface area (Å²) >= 11 is 0. The van der Waals surface area contributed by atoms with Crippen molar-refractivity contribution in [2.24, 2.45) is 5.92 Å². The van der Waals surface area contributed by atoms with Gasteiger partial charge in [0.05, 0.1) is 18.3 Å². The van der Waals surface area contributed by atoms with Crippen LogP contribution in [-0.2, 0) is 6.54 Å². The summed E-state index contributed by atoms with van der Waals surface area (Å²) in [4.78, 5) is 2.01. The van der Waals surface area contributed by atoms with Crippen LogP contribution in [0.15, 0.2) is 18.2 Å². The van der Waals surface area contributed by atoms with Crippen molar-refractivity contribution in [3.8, 4) is 0 Å². The van der Waals surface area contributed by atoms with Crippen molar-refractivity contribution in [3.05, 3.63) is 29.6 Å². The molecule has 0 amide bonds. The highest BCUT2D eigenvalue weighted by Gasteiger charge is 2.32. The first-order valence-corrected chi connectivity index (χ1v) is 7.58. The second-order valence-electron chi connectivity index (χ2n) is 6.15. The summed E-state index contributed by atoms with van der Waals surface area (Å²) < 4.78 is 14.3.